The van der Waals surface area contributed by atoms with E-state index in [0.717, 1.165) is 5.56 Å². The van der Waals surface area contributed by atoms with Crippen molar-refractivity contribution in [1.82, 2.24) is 25.1 Å². The summed E-state index contributed by atoms with van der Waals surface area (Å²) in [4.78, 5) is 3.89. The van der Waals surface area contributed by atoms with Gasteiger partial charge >= 0.3 is 0 Å². The molecule has 4 rings (SSSR count). The number of fused-ring (bicyclic) bond motifs is 1. The number of nitrogens with one attached hydrogen (secondary N) is 1. The Morgan fingerprint density at radius 2 is 2.00 bits per heavy atom. The first kappa shape index (κ1) is 17.7. The molecule has 0 saturated heterocycles. The van der Waals surface area contributed by atoms with Crippen molar-refractivity contribution in [3.63, 3.8) is 0 Å². The zero-order chi connectivity index (χ0) is 19.0. The van der Waals surface area contributed by atoms with Gasteiger partial charge in [-0.15, -0.1) is 5.10 Å². The summed E-state index contributed by atoms with van der Waals surface area (Å²) >= 11 is 12.0. The second-order valence-corrected chi connectivity index (χ2v) is 7.99. The molecule has 27 heavy (non-hydrogen) atoms. The second kappa shape index (κ2) is 6.80. The third-order valence-electron chi connectivity index (χ3n) is 3.65. The van der Waals surface area contributed by atoms with Crippen LogP contribution in [0, 0.1) is 0 Å². The molecule has 0 fully saturated rings. The summed E-state index contributed by atoms with van der Waals surface area (Å²) in [5.74, 6) is -0.0893. The lowest BCUT2D eigenvalue weighted by molar-refractivity contribution is 0.315. The van der Waals surface area contributed by atoms with Crippen molar-refractivity contribution in [3.05, 3.63) is 58.3 Å². The number of sulfonamides is 1. The van der Waals surface area contributed by atoms with Crippen molar-refractivity contribution < 1.29 is 13.0 Å². The van der Waals surface area contributed by atoms with Crippen LogP contribution in [-0.4, -0.2) is 33.5 Å². The van der Waals surface area contributed by atoms with Gasteiger partial charge in [-0.3, -0.25) is 0 Å². The smallest absolute Gasteiger partial charge is 0.246 e. The van der Waals surface area contributed by atoms with E-state index in [1.54, 1.807) is 24.3 Å². The Labute approximate surface area is 162 Å². The van der Waals surface area contributed by atoms with Gasteiger partial charge in [-0.2, -0.15) is 4.98 Å². The van der Waals surface area contributed by atoms with E-state index in [9.17, 15) is 8.42 Å². The van der Waals surface area contributed by atoms with Crippen molar-refractivity contribution in [2.45, 2.75) is 11.4 Å². The predicted molar refractivity (Wildman–Crippen MR) is 98.2 cm³/mol. The lowest BCUT2D eigenvalue weighted by Gasteiger charge is -2.05. The molecule has 0 aliphatic carbocycles. The molecule has 138 valence electrons. The minimum Gasteiger partial charge on any atom is -0.246 e. The summed E-state index contributed by atoms with van der Waals surface area (Å²) in [7, 11) is -3.98. The molecular formula is C15H10Cl2N6O3S. The summed E-state index contributed by atoms with van der Waals surface area (Å²) in [6.45, 7) is 0.299. The molecule has 0 aliphatic heterocycles. The molecule has 2 heterocycles. The van der Waals surface area contributed by atoms with Crippen molar-refractivity contribution in [3.8, 4) is 0 Å². The van der Waals surface area contributed by atoms with Crippen LogP contribution >= 0.6 is 23.2 Å². The average Bonchev–Trinajstić information content (AvgIpc) is 3.25. The van der Waals surface area contributed by atoms with Crippen LogP contribution in [0.3, 0.4) is 0 Å². The van der Waals surface area contributed by atoms with Crippen LogP contribution in [0.4, 0.5) is 5.95 Å². The van der Waals surface area contributed by atoms with Gasteiger partial charge in [0.1, 0.15) is 16.7 Å². The van der Waals surface area contributed by atoms with Crippen molar-refractivity contribution in [1.29, 1.82) is 0 Å². The fraction of sp³-hybridized carbons (Fsp3) is 0.0667. The lowest BCUT2D eigenvalue weighted by atomic mass is 10.2. The first-order chi connectivity index (χ1) is 12.9. The summed E-state index contributed by atoms with van der Waals surface area (Å²) in [5, 5.41) is 12.4. The molecule has 0 spiro atoms. The lowest BCUT2D eigenvalue weighted by Crippen LogP contribution is -2.15. The van der Waals surface area contributed by atoms with Gasteiger partial charge in [0.15, 0.2) is 5.52 Å². The van der Waals surface area contributed by atoms with Gasteiger partial charge in [0.05, 0.1) is 6.54 Å². The minimum absolute atomic E-state index is 0.0849. The normalized spacial score (nSPS) is 11.8. The molecule has 0 bridgehead atoms. The number of hydrogen-bond acceptors (Lipinski definition) is 7. The number of rotatable bonds is 5. The van der Waals surface area contributed by atoms with Crippen LogP contribution in [0.1, 0.15) is 5.56 Å². The Morgan fingerprint density at radius 1 is 1.15 bits per heavy atom. The van der Waals surface area contributed by atoms with E-state index in [1.165, 1.54) is 23.1 Å². The van der Waals surface area contributed by atoms with Gasteiger partial charge in [-0.05, 0) is 40.1 Å². The Balaban J connectivity index is 1.57. The fourth-order valence-electron chi connectivity index (χ4n) is 2.42. The highest BCUT2D eigenvalue weighted by Gasteiger charge is 2.22. The molecule has 0 amide bonds. The van der Waals surface area contributed by atoms with Crippen LogP contribution in [-0.2, 0) is 16.6 Å². The quantitative estimate of drug-likeness (QED) is 0.523. The van der Waals surface area contributed by atoms with E-state index in [0.29, 0.717) is 22.1 Å². The number of anilines is 1. The van der Waals surface area contributed by atoms with Crippen molar-refractivity contribution in [2.75, 3.05) is 4.72 Å². The van der Waals surface area contributed by atoms with Crippen LogP contribution < -0.4 is 4.72 Å². The Morgan fingerprint density at radius 3 is 2.81 bits per heavy atom. The second-order valence-electron chi connectivity index (χ2n) is 5.50. The molecule has 0 aliphatic rings. The molecule has 2 aromatic carbocycles. The predicted octanol–water partition coefficient (Wildman–Crippen LogP) is 2.97. The van der Waals surface area contributed by atoms with Crippen LogP contribution in [0.25, 0.3) is 11.0 Å². The molecular weight excluding hydrogens is 415 g/mol. The zero-order valence-electron chi connectivity index (χ0n) is 13.4. The maximum Gasteiger partial charge on any atom is 0.266 e. The van der Waals surface area contributed by atoms with E-state index in [2.05, 4.69) is 29.7 Å². The van der Waals surface area contributed by atoms with E-state index >= 15 is 0 Å². The van der Waals surface area contributed by atoms with E-state index in [-0.39, 0.29) is 16.4 Å². The van der Waals surface area contributed by atoms with E-state index in [1.807, 2.05) is 0 Å². The molecule has 0 atom stereocenters. The average molecular weight is 425 g/mol. The molecule has 0 unspecified atom stereocenters. The molecule has 9 nitrogen and oxygen atoms in total. The molecule has 4 aromatic rings. The maximum absolute atomic E-state index is 12.6. The highest BCUT2D eigenvalue weighted by atomic mass is 35.5. The third-order valence-corrected chi connectivity index (χ3v) is 5.59. The van der Waals surface area contributed by atoms with Gasteiger partial charge in [0, 0.05) is 10.0 Å². The van der Waals surface area contributed by atoms with Gasteiger partial charge in [-0.25, -0.2) is 22.5 Å². The van der Waals surface area contributed by atoms with Crippen LogP contribution in [0.2, 0.25) is 10.0 Å². The molecule has 1 N–H and O–H groups in total. The highest BCUT2D eigenvalue weighted by molar-refractivity contribution is 7.93. The number of nitrogens with zero attached hydrogens (tertiary/aromatic N) is 5. The number of halogens is 2. The highest BCUT2D eigenvalue weighted by Crippen LogP contribution is 2.23. The zero-order valence-corrected chi connectivity index (χ0v) is 15.7. The molecule has 0 saturated carbocycles. The minimum atomic E-state index is -3.98. The van der Waals surface area contributed by atoms with Gasteiger partial charge in [0.25, 0.3) is 16.0 Å². The number of aromatic nitrogens is 5. The van der Waals surface area contributed by atoms with Gasteiger partial charge in [0.2, 0.25) is 0 Å². The monoisotopic (exact) mass is 424 g/mol. The Hall–Kier alpha value is -2.69. The number of hydrogen-bond donors (Lipinski definition) is 1. The largest absolute Gasteiger partial charge is 0.266 e. The van der Waals surface area contributed by atoms with Crippen molar-refractivity contribution in [2.24, 2.45) is 0 Å². The Bertz CT molecular complexity index is 1240. The summed E-state index contributed by atoms with van der Waals surface area (Å²) in [5.41, 5.74) is 1.21. The van der Waals surface area contributed by atoms with E-state index in [4.69, 9.17) is 23.2 Å². The van der Waals surface area contributed by atoms with Crippen LogP contribution in [0.15, 0.2) is 52.3 Å². The first-order valence-corrected chi connectivity index (χ1v) is 9.74. The first-order valence-electron chi connectivity index (χ1n) is 7.50. The molecule has 0 radical (unpaired) electrons. The summed E-state index contributed by atoms with van der Waals surface area (Å²) < 4.78 is 33.6. The SMILES string of the molecule is O=S(=O)(Nc1ncn(Cc2ccc(Cl)cc2Cl)n1)c1cccc2nonc12. The van der Waals surface area contributed by atoms with Crippen molar-refractivity contribution >= 4 is 50.2 Å². The topological polar surface area (TPSA) is 116 Å². The standard InChI is InChI=1S/C15H10Cl2N6O3S/c16-10-5-4-9(11(17)6-10)7-23-8-18-15(19-23)22-27(24,25)13-3-1-2-12-14(13)21-26-20-12/h1-6,8H,7H2,(H,19,22). The molecule has 12 heteroatoms. The summed E-state index contributed by atoms with van der Waals surface area (Å²) in [6, 6.07) is 9.60. The Kier molecular flexibility index (Phi) is 4.46. The fourth-order valence-corrected chi connectivity index (χ4v) is 3.98. The number of benzene rings is 2. The van der Waals surface area contributed by atoms with Gasteiger partial charge in [-0.1, -0.05) is 35.3 Å². The summed E-state index contributed by atoms with van der Waals surface area (Å²) in [6.07, 6.45) is 1.39. The third kappa shape index (κ3) is 3.59. The van der Waals surface area contributed by atoms with E-state index < -0.39 is 10.0 Å². The van der Waals surface area contributed by atoms with Gasteiger partial charge < -0.3 is 0 Å². The maximum atomic E-state index is 12.6. The van der Waals surface area contributed by atoms with Crippen LogP contribution in [0.5, 0.6) is 0 Å². The molecule has 2 aromatic heterocycles.